The van der Waals surface area contributed by atoms with Gasteiger partial charge in [-0.15, -0.1) is 0 Å². The third-order valence-corrected chi connectivity index (χ3v) is 5.22. The molecule has 2 amide bonds. The highest BCUT2D eigenvalue weighted by Gasteiger charge is 2.38. The first-order valence-corrected chi connectivity index (χ1v) is 8.92. The Morgan fingerprint density at radius 2 is 2.00 bits per heavy atom. The minimum Gasteiger partial charge on any atom is -0.454 e. The van der Waals surface area contributed by atoms with Crippen molar-refractivity contribution in [3.63, 3.8) is 0 Å². The van der Waals surface area contributed by atoms with Gasteiger partial charge in [0, 0.05) is 37.3 Å². The van der Waals surface area contributed by atoms with Gasteiger partial charge in [0.15, 0.2) is 11.5 Å². The summed E-state index contributed by atoms with van der Waals surface area (Å²) < 4.78 is 10.7. The minimum absolute atomic E-state index is 0.0227. The lowest BCUT2D eigenvalue weighted by molar-refractivity contribution is -0.138. The van der Waals surface area contributed by atoms with Gasteiger partial charge in [0.1, 0.15) is 0 Å². The van der Waals surface area contributed by atoms with Crippen LogP contribution in [0.5, 0.6) is 11.5 Å². The normalized spacial score (nSPS) is 20.3. The number of hydrogen-bond donors (Lipinski definition) is 0. The molecule has 1 aromatic carbocycles. The first-order chi connectivity index (χ1) is 11.9. The number of benzene rings is 1. The molecule has 2 atom stereocenters. The largest absolute Gasteiger partial charge is 0.454 e. The van der Waals surface area contributed by atoms with Crippen LogP contribution < -0.4 is 14.4 Å². The van der Waals surface area contributed by atoms with E-state index in [1.165, 1.54) is 0 Å². The van der Waals surface area contributed by atoms with Gasteiger partial charge in [-0.25, -0.2) is 0 Å². The number of rotatable bonds is 5. The second-order valence-corrected chi connectivity index (χ2v) is 7.05. The molecule has 25 heavy (non-hydrogen) atoms. The number of hydrogen-bond acceptors (Lipinski definition) is 4. The van der Waals surface area contributed by atoms with Crippen LogP contribution in [0, 0.1) is 11.8 Å². The molecule has 6 heteroatoms. The lowest BCUT2D eigenvalue weighted by Gasteiger charge is -2.32. The van der Waals surface area contributed by atoms with Crippen LogP contribution in [0.25, 0.3) is 0 Å². The van der Waals surface area contributed by atoms with E-state index >= 15 is 0 Å². The zero-order valence-electron chi connectivity index (χ0n) is 15.3. The Balaban J connectivity index is 1.74. The van der Waals surface area contributed by atoms with Crippen molar-refractivity contribution in [2.75, 3.05) is 24.8 Å². The van der Waals surface area contributed by atoms with Crippen LogP contribution in [0.1, 0.15) is 34.1 Å². The second kappa shape index (κ2) is 6.94. The lowest BCUT2D eigenvalue weighted by Crippen LogP contribution is -2.45. The van der Waals surface area contributed by atoms with E-state index in [0.29, 0.717) is 30.5 Å². The molecule has 1 saturated heterocycles. The molecule has 0 bridgehead atoms. The van der Waals surface area contributed by atoms with E-state index in [0.717, 1.165) is 5.69 Å². The van der Waals surface area contributed by atoms with Crippen LogP contribution in [0.4, 0.5) is 5.69 Å². The zero-order chi connectivity index (χ0) is 18.1. The Morgan fingerprint density at radius 3 is 2.68 bits per heavy atom. The van der Waals surface area contributed by atoms with E-state index < -0.39 is 0 Å². The Hall–Kier alpha value is -2.24. The molecule has 0 radical (unpaired) electrons. The number of anilines is 1. The third kappa shape index (κ3) is 3.30. The van der Waals surface area contributed by atoms with E-state index in [-0.39, 0.29) is 37.0 Å². The van der Waals surface area contributed by atoms with Gasteiger partial charge >= 0.3 is 0 Å². The maximum Gasteiger partial charge on any atom is 0.231 e. The van der Waals surface area contributed by atoms with Gasteiger partial charge in [0.2, 0.25) is 18.6 Å². The van der Waals surface area contributed by atoms with Crippen molar-refractivity contribution in [2.45, 2.75) is 40.2 Å². The molecule has 3 rings (SSSR count). The summed E-state index contributed by atoms with van der Waals surface area (Å²) in [4.78, 5) is 29.0. The van der Waals surface area contributed by atoms with Gasteiger partial charge < -0.3 is 19.3 Å². The predicted octanol–water partition coefficient (Wildman–Crippen LogP) is 2.66. The Bertz CT molecular complexity index is 673. The number of carbonyl (C=O) groups is 2. The van der Waals surface area contributed by atoms with Crippen molar-refractivity contribution < 1.29 is 19.1 Å². The van der Waals surface area contributed by atoms with Crippen LogP contribution in [0.2, 0.25) is 0 Å². The molecule has 1 aromatic rings. The fraction of sp³-hybridized carbons (Fsp3) is 0.579. The van der Waals surface area contributed by atoms with Gasteiger partial charge in [0.25, 0.3) is 0 Å². The number of nitrogens with zero attached hydrogens (tertiary/aromatic N) is 2. The van der Waals surface area contributed by atoms with Gasteiger partial charge in [-0.3, -0.25) is 9.59 Å². The molecule has 136 valence electrons. The lowest BCUT2D eigenvalue weighted by atomic mass is 10.0. The molecule has 6 nitrogen and oxygen atoms in total. The quantitative estimate of drug-likeness (QED) is 0.822. The van der Waals surface area contributed by atoms with Crippen molar-refractivity contribution in [1.82, 2.24) is 4.90 Å². The van der Waals surface area contributed by atoms with E-state index in [1.54, 1.807) is 17.0 Å². The fourth-order valence-electron chi connectivity index (χ4n) is 3.41. The maximum atomic E-state index is 12.9. The number of carbonyl (C=O) groups excluding carboxylic acids is 2. The summed E-state index contributed by atoms with van der Waals surface area (Å²) in [5.74, 6) is 1.46. The molecule has 0 aliphatic carbocycles. The molecular formula is C19H26N2O4. The number of amides is 2. The van der Waals surface area contributed by atoms with E-state index in [9.17, 15) is 9.59 Å². The van der Waals surface area contributed by atoms with Crippen LogP contribution in [0.15, 0.2) is 18.2 Å². The summed E-state index contributed by atoms with van der Waals surface area (Å²) in [6, 6.07) is 5.61. The first kappa shape index (κ1) is 17.6. The minimum atomic E-state index is -0.293. The molecule has 0 saturated carbocycles. The highest BCUT2D eigenvalue weighted by Crippen LogP contribution is 2.37. The van der Waals surface area contributed by atoms with E-state index in [1.807, 2.05) is 17.9 Å². The highest BCUT2D eigenvalue weighted by molar-refractivity contribution is 6.00. The molecule has 0 aromatic heterocycles. The fourth-order valence-corrected chi connectivity index (χ4v) is 3.41. The predicted molar refractivity (Wildman–Crippen MR) is 94.7 cm³/mol. The van der Waals surface area contributed by atoms with Crippen molar-refractivity contribution in [2.24, 2.45) is 11.8 Å². The van der Waals surface area contributed by atoms with Crippen LogP contribution in [0.3, 0.4) is 0 Å². The smallest absolute Gasteiger partial charge is 0.231 e. The summed E-state index contributed by atoms with van der Waals surface area (Å²) in [5, 5.41) is 0. The SMILES string of the molecule is CCN(C(=O)[C@@H]1CC(=O)N(c2ccc3c(c2)OCO3)C1)[C@@H](C)C(C)C. The average Bonchev–Trinajstić information content (AvgIpc) is 3.20. The van der Waals surface area contributed by atoms with Crippen LogP contribution in [-0.2, 0) is 9.59 Å². The van der Waals surface area contributed by atoms with Crippen molar-refractivity contribution in [3.8, 4) is 11.5 Å². The summed E-state index contributed by atoms with van der Waals surface area (Å²) in [7, 11) is 0. The molecule has 2 aliphatic heterocycles. The first-order valence-electron chi connectivity index (χ1n) is 8.92. The van der Waals surface area contributed by atoms with Crippen LogP contribution in [-0.4, -0.2) is 42.6 Å². The Labute approximate surface area is 148 Å². The van der Waals surface area contributed by atoms with Crippen molar-refractivity contribution in [3.05, 3.63) is 18.2 Å². The Kier molecular flexibility index (Phi) is 4.88. The standard InChI is InChI=1S/C19H26N2O4/c1-5-20(13(4)12(2)3)19(23)14-8-18(22)21(10-14)15-6-7-16-17(9-15)25-11-24-16/h6-7,9,12-14H,5,8,10-11H2,1-4H3/t13-,14+/m0/s1. The third-order valence-electron chi connectivity index (χ3n) is 5.22. The summed E-state index contributed by atoms with van der Waals surface area (Å²) in [6.07, 6.45) is 0.259. The average molecular weight is 346 g/mol. The summed E-state index contributed by atoms with van der Waals surface area (Å²) in [5.41, 5.74) is 0.754. The molecular weight excluding hydrogens is 320 g/mol. The van der Waals surface area contributed by atoms with E-state index in [2.05, 4.69) is 20.8 Å². The Morgan fingerprint density at radius 1 is 1.28 bits per heavy atom. The molecule has 1 fully saturated rings. The molecule has 2 heterocycles. The van der Waals surface area contributed by atoms with E-state index in [4.69, 9.17) is 9.47 Å². The molecule has 2 aliphatic rings. The van der Waals surface area contributed by atoms with Gasteiger partial charge in [0.05, 0.1) is 5.92 Å². The summed E-state index contributed by atoms with van der Waals surface area (Å²) in [6.45, 7) is 9.55. The second-order valence-electron chi connectivity index (χ2n) is 7.05. The van der Waals surface area contributed by atoms with Gasteiger partial charge in [-0.1, -0.05) is 13.8 Å². The maximum absolute atomic E-state index is 12.9. The molecule has 0 unspecified atom stereocenters. The number of ether oxygens (including phenoxy) is 2. The summed E-state index contributed by atoms with van der Waals surface area (Å²) >= 11 is 0. The molecule has 0 spiro atoms. The van der Waals surface area contributed by atoms with Gasteiger partial charge in [-0.05, 0) is 31.9 Å². The van der Waals surface area contributed by atoms with Gasteiger partial charge in [-0.2, -0.15) is 0 Å². The molecule has 0 N–H and O–H groups in total. The zero-order valence-corrected chi connectivity index (χ0v) is 15.3. The van der Waals surface area contributed by atoms with Crippen molar-refractivity contribution in [1.29, 1.82) is 0 Å². The highest BCUT2D eigenvalue weighted by atomic mass is 16.7. The van der Waals surface area contributed by atoms with Crippen molar-refractivity contribution >= 4 is 17.5 Å². The topological polar surface area (TPSA) is 59.1 Å². The monoisotopic (exact) mass is 346 g/mol. The van der Waals surface area contributed by atoms with Crippen LogP contribution >= 0.6 is 0 Å². The number of fused-ring (bicyclic) bond motifs is 1.